The van der Waals surface area contributed by atoms with Crippen molar-refractivity contribution in [2.75, 3.05) is 37.7 Å². The van der Waals surface area contributed by atoms with E-state index in [4.69, 9.17) is 4.74 Å². The van der Waals surface area contributed by atoms with Crippen LogP contribution < -0.4 is 9.64 Å². The third-order valence-electron chi connectivity index (χ3n) is 6.95. The maximum Gasteiger partial charge on any atom is 0.307 e. The quantitative estimate of drug-likeness (QED) is 0.330. The smallest absolute Gasteiger partial charge is 0.307 e. The van der Waals surface area contributed by atoms with Crippen LogP contribution in [0.1, 0.15) is 54.1 Å². The highest BCUT2D eigenvalue weighted by molar-refractivity contribution is 7.18. The lowest BCUT2D eigenvalue weighted by Crippen LogP contribution is -2.40. The normalized spacial score (nSPS) is 15.7. The summed E-state index contributed by atoms with van der Waals surface area (Å²) in [7, 11) is 0. The van der Waals surface area contributed by atoms with Gasteiger partial charge in [0.05, 0.1) is 11.5 Å². The second kappa shape index (κ2) is 13.1. The summed E-state index contributed by atoms with van der Waals surface area (Å²) in [6.45, 7) is 9.00. The zero-order chi connectivity index (χ0) is 27.9. The predicted octanol–water partition coefficient (Wildman–Crippen LogP) is 5.58. The number of likely N-dealkylation sites (tertiary alicyclic amines) is 1. The number of ether oxygens (including phenoxy) is 1. The molecular formula is C29H35FN4O4S. The van der Waals surface area contributed by atoms with Gasteiger partial charge in [0.25, 0.3) is 5.91 Å². The summed E-state index contributed by atoms with van der Waals surface area (Å²) >= 11 is 1.30. The van der Waals surface area contributed by atoms with Crippen LogP contribution in [0.15, 0.2) is 36.4 Å². The van der Waals surface area contributed by atoms with Crippen molar-refractivity contribution in [2.24, 2.45) is 5.92 Å². The second-order valence-electron chi connectivity index (χ2n) is 9.95. The van der Waals surface area contributed by atoms with Crippen LogP contribution in [0.2, 0.25) is 0 Å². The SMILES string of the molecule is CCCCN(C(=O)c1ccccc1F)c1nnc(-c2cc(C)c(OCCN3CCCC(C(=O)O)C3)c(C)c2)s1. The summed E-state index contributed by atoms with van der Waals surface area (Å²) in [5.41, 5.74) is 2.79. The molecule has 0 radical (unpaired) electrons. The third-order valence-corrected chi connectivity index (χ3v) is 7.94. The first-order valence-electron chi connectivity index (χ1n) is 13.4. The van der Waals surface area contributed by atoms with Gasteiger partial charge in [0, 0.05) is 25.2 Å². The van der Waals surface area contributed by atoms with E-state index < -0.39 is 17.7 Å². The van der Waals surface area contributed by atoms with Crippen LogP contribution >= 0.6 is 11.3 Å². The Hall–Kier alpha value is -3.37. The molecule has 1 aliphatic heterocycles. The number of benzene rings is 2. The van der Waals surface area contributed by atoms with Gasteiger partial charge in [-0.15, -0.1) is 10.2 Å². The number of amides is 1. The van der Waals surface area contributed by atoms with Gasteiger partial charge in [-0.25, -0.2) is 4.39 Å². The van der Waals surface area contributed by atoms with E-state index >= 15 is 0 Å². The molecule has 1 unspecified atom stereocenters. The third kappa shape index (κ3) is 6.99. The maximum atomic E-state index is 14.4. The minimum atomic E-state index is -0.729. The van der Waals surface area contributed by atoms with E-state index in [1.807, 2.05) is 32.9 Å². The number of piperidine rings is 1. The lowest BCUT2D eigenvalue weighted by Gasteiger charge is -2.30. The van der Waals surface area contributed by atoms with E-state index in [1.54, 1.807) is 12.1 Å². The van der Waals surface area contributed by atoms with Crippen LogP contribution in [0.3, 0.4) is 0 Å². The average molecular weight is 555 g/mol. The predicted molar refractivity (Wildman–Crippen MR) is 150 cm³/mol. The molecule has 8 nitrogen and oxygen atoms in total. The number of rotatable bonds is 11. The Morgan fingerprint density at radius 3 is 2.64 bits per heavy atom. The summed E-state index contributed by atoms with van der Waals surface area (Å²) in [6.07, 6.45) is 3.25. The molecule has 4 rings (SSSR count). The Kier molecular flexibility index (Phi) is 9.63. The first kappa shape index (κ1) is 28.6. The molecule has 39 heavy (non-hydrogen) atoms. The van der Waals surface area contributed by atoms with E-state index in [9.17, 15) is 19.1 Å². The van der Waals surface area contributed by atoms with Crippen molar-refractivity contribution in [1.82, 2.24) is 15.1 Å². The van der Waals surface area contributed by atoms with Gasteiger partial charge in [-0.2, -0.15) is 0 Å². The van der Waals surface area contributed by atoms with E-state index in [0.717, 1.165) is 54.7 Å². The molecule has 3 aromatic rings. The molecule has 0 spiro atoms. The summed E-state index contributed by atoms with van der Waals surface area (Å²) in [6, 6.07) is 9.96. The number of carboxylic acids is 1. The Morgan fingerprint density at radius 1 is 1.21 bits per heavy atom. The molecule has 0 saturated carbocycles. The molecule has 1 aromatic heterocycles. The van der Waals surface area contributed by atoms with Crippen molar-refractivity contribution in [2.45, 2.75) is 46.5 Å². The fourth-order valence-corrected chi connectivity index (χ4v) is 5.72. The number of hydrogen-bond donors (Lipinski definition) is 1. The molecule has 2 heterocycles. The number of aliphatic carboxylic acids is 1. The van der Waals surface area contributed by atoms with Gasteiger partial charge in [0.15, 0.2) is 0 Å². The van der Waals surface area contributed by atoms with Crippen molar-refractivity contribution in [3.63, 3.8) is 0 Å². The lowest BCUT2D eigenvalue weighted by atomic mass is 9.98. The van der Waals surface area contributed by atoms with E-state index in [1.165, 1.54) is 28.4 Å². The van der Waals surface area contributed by atoms with E-state index in [0.29, 0.717) is 36.4 Å². The van der Waals surface area contributed by atoms with Crippen molar-refractivity contribution < 1.29 is 23.8 Å². The fraction of sp³-hybridized carbons (Fsp3) is 0.448. The van der Waals surface area contributed by atoms with Gasteiger partial charge in [-0.1, -0.05) is 36.8 Å². The first-order valence-corrected chi connectivity index (χ1v) is 14.2. The zero-order valence-electron chi connectivity index (χ0n) is 22.7. The molecular weight excluding hydrogens is 519 g/mol. The molecule has 2 aromatic carbocycles. The van der Waals surface area contributed by atoms with Crippen LogP contribution in [-0.2, 0) is 4.79 Å². The van der Waals surface area contributed by atoms with Gasteiger partial charge in [0.2, 0.25) is 5.13 Å². The topological polar surface area (TPSA) is 95.9 Å². The van der Waals surface area contributed by atoms with Gasteiger partial charge in [-0.05, 0) is 75.0 Å². The Balaban J connectivity index is 1.46. The second-order valence-corrected chi connectivity index (χ2v) is 10.9. The number of anilines is 1. The number of carboxylic acid groups (broad SMARTS) is 1. The van der Waals surface area contributed by atoms with Crippen molar-refractivity contribution >= 4 is 28.3 Å². The van der Waals surface area contributed by atoms with Gasteiger partial charge in [0.1, 0.15) is 23.2 Å². The summed E-state index contributed by atoms with van der Waals surface area (Å²) < 4.78 is 20.5. The number of aromatic nitrogens is 2. The summed E-state index contributed by atoms with van der Waals surface area (Å²) in [4.78, 5) is 28.2. The molecule has 1 atom stereocenters. The first-order chi connectivity index (χ1) is 18.8. The molecule has 208 valence electrons. The number of unbranched alkanes of at least 4 members (excludes halogenated alkanes) is 1. The summed E-state index contributed by atoms with van der Waals surface area (Å²) in [5, 5.41) is 19.1. The molecule has 1 N–H and O–H groups in total. The van der Waals surface area contributed by atoms with Crippen molar-refractivity contribution in [3.8, 4) is 16.3 Å². The number of carbonyl (C=O) groups is 2. The Labute approximate surface area is 232 Å². The molecule has 1 amide bonds. The summed E-state index contributed by atoms with van der Waals surface area (Å²) in [5.74, 6) is -1.22. The minimum Gasteiger partial charge on any atom is -0.492 e. The highest BCUT2D eigenvalue weighted by Crippen LogP contribution is 2.34. The highest BCUT2D eigenvalue weighted by Gasteiger charge is 2.26. The monoisotopic (exact) mass is 554 g/mol. The maximum absolute atomic E-state index is 14.4. The minimum absolute atomic E-state index is 0.0153. The molecule has 10 heteroatoms. The van der Waals surface area contributed by atoms with Crippen LogP contribution in [0.5, 0.6) is 5.75 Å². The molecule has 1 fully saturated rings. The zero-order valence-corrected chi connectivity index (χ0v) is 23.5. The van der Waals surface area contributed by atoms with Crippen LogP contribution in [0.4, 0.5) is 9.52 Å². The molecule has 1 saturated heterocycles. The Bertz CT molecular complexity index is 1290. The number of halogens is 1. The van der Waals surface area contributed by atoms with E-state index in [2.05, 4.69) is 15.1 Å². The number of aryl methyl sites for hydroxylation is 2. The highest BCUT2D eigenvalue weighted by atomic mass is 32.1. The number of nitrogens with zero attached hydrogens (tertiary/aromatic N) is 4. The average Bonchev–Trinajstić information content (AvgIpc) is 3.41. The van der Waals surface area contributed by atoms with Crippen molar-refractivity contribution in [3.05, 3.63) is 58.9 Å². The molecule has 0 aliphatic carbocycles. The molecule has 0 bridgehead atoms. The Morgan fingerprint density at radius 2 is 1.95 bits per heavy atom. The molecule has 1 aliphatic rings. The van der Waals surface area contributed by atoms with Crippen LogP contribution in [0, 0.1) is 25.6 Å². The van der Waals surface area contributed by atoms with Crippen LogP contribution in [-0.4, -0.2) is 64.9 Å². The van der Waals surface area contributed by atoms with Gasteiger partial charge >= 0.3 is 5.97 Å². The van der Waals surface area contributed by atoms with Crippen LogP contribution in [0.25, 0.3) is 10.6 Å². The van der Waals surface area contributed by atoms with Crippen molar-refractivity contribution in [1.29, 1.82) is 0 Å². The van der Waals surface area contributed by atoms with E-state index in [-0.39, 0.29) is 11.5 Å². The fourth-order valence-electron chi connectivity index (χ4n) is 4.86. The van der Waals surface area contributed by atoms with Gasteiger partial charge in [-0.3, -0.25) is 19.4 Å². The standard InChI is InChI=1S/C29H35FN4O4S/c1-4-5-13-34(27(35)23-10-6-7-11-24(23)30)29-32-31-26(39-29)22-16-19(2)25(20(3)17-22)38-15-14-33-12-8-9-21(18-33)28(36)37/h6-7,10-11,16-17,21H,4-5,8-9,12-15,18H2,1-3H3,(H,36,37). The lowest BCUT2D eigenvalue weighted by molar-refractivity contribution is -0.143. The largest absolute Gasteiger partial charge is 0.492 e. The number of carbonyl (C=O) groups excluding carboxylic acids is 1. The van der Waals surface area contributed by atoms with Gasteiger partial charge < -0.3 is 9.84 Å². The number of hydrogen-bond acceptors (Lipinski definition) is 7.